The van der Waals surface area contributed by atoms with Crippen LogP contribution in [0.2, 0.25) is 0 Å². The van der Waals surface area contributed by atoms with Gasteiger partial charge in [-0.1, -0.05) is 6.07 Å². The Morgan fingerprint density at radius 2 is 2.12 bits per heavy atom. The van der Waals surface area contributed by atoms with Crippen molar-refractivity contribution in [3.63, 3.8) is 0 Å². The van der Waals surface area contributed by atoms with Gasteiger partial charge >= 0.3 is 0 Å². The van der Waals surface area contributed by atoms with Gasteiger partial charge in [0.2, 0.25) is 0 Å². The van der Waals surface area contributed by atoms with Crippen molar-refractivity contribution in [3.05, 3.63) is 41.0 Å². The number of halogens is 1. The Kier molecular flexibility index (Phi) is 2.56. The maximum atomic E-state index is 13.5. The molecule has 4 nitrogen and oxygen atoms in total. The average Bonchev–Trinajstić information content (AvgIpc) is 2.56. The minimum Gasteiger partial charge on any atom is -0.396 e. The summed E-state index contributed by atoms with van der Waals surface area (Å²) in [5, 5.41) is 13.2. The van der Waals surface area contributed by atoms with E-state index in [0.29, 0.717) is 22.8 Å². The van der Waals surface area contributed by atoms with Gasteiger partial charge in [0.05, 0.1) is 22.8 Å². The molecule has 17 heavy (non-hydrogen) atoms. The molecule has 1 aromatic heterocycles. The Bertz CT molecular complexity index is 622. The van der Waals surface area contributed by atoms with Gasteiger partial charge < -0.3 is 5.73 Å². The van der Waals surface area contributed by atoms with Crippen molar-refractivity contribution in [2.45, 2.75) is 13.8 Å². The molecule has 1 aromatic carbocycles. The van der Waals surface area contributed by atoms with Gasteiger partial charge in [0.1, 0.15) is 17.4 Å². The summed E-state index contributed by atoms with van der Waals surface area (Å²) in [4.78, 5) is 0. The predicted molar refractivity (Wildman–Crippen MR) is 62.1 cm³/mol. The number of nitrogens with two attached hydrogens (primary N) is 1. The Labute approximate surface area is 98.1 Å². The van der Waals surface area contributed by atoms with E-state index in [1.165, 1.54) is 16.8 Å². The average molecular weight is 230 g/mol. The normalized spacial score (nSPS) is 10.2. The van der Waals surface area contributed by atoms with Crippen molar-refractivity contribution in [1.82, 2.24) is 9.78 Å². The van der Waals surface area contributed by atoms with Crippen LogP contribution >= 0.6 is 0 Å². The summed E-state index contributed by atoms with van der Waals surface area (Å²) in [6.45, 7) is 3.55. The molecule has 86 valence electrons. The van der Waals surface area contributed by atoms with Crippen LogP contribution in [-0.2, 0) is 0 Å². The number of hydrogen-bond donors (Lipinski definition) is 1. The zero-order chi connectivity index (χ0) is 12.6. The van der Waals surface area contributed by atoms with Crippen molar-refractivity contribution in [3.8, 4) is 11.8 Å². The smallest absolute Gasteiger partial charge is 0.143 e. The molecule has 0 aliphatic heterocycles. The highest BCUT2D eigenvalue weighted by molar-refractivity contribution is 5.55. The molecule has 5 heteroatoms. The quantitative estimate of drug-likeness (QED) is 0.815. The van der Waals surface area contributed by atoms with E-state index in [1.54, 1.807) is 19.9 Å². The lowest BCUT2D eigenvalue weighted by atomic mass is 10.2. The number of anilines is 1. The van der Waals surface area contributed by atoms with Gasteiger partial charge in [0, 0.05) is 0 Å². The van der Waals surface area contributed by atoms with Gasteiger partial charge in [-0.05, 0) is 26.0 Å². The highest BCUT2D eigenvalue weighted by Gasteiger charge is 2.15. The Morgan fingerprint density at radius 1 is 1.41 bits per heavy atom. The van der Waals surface area contributed by atoms with Crippen LogP contribution in [0.5, 0.6) is 0 Å². The summed E-state index contributed by atoms with van der Waals surface area (Å²) in [6.07, 6.45) is 0. The van der Waals surface area contributed by atoms with Gasteiger partial charge in [-0.3, -0.25) is 0 Å². The second-order valence-corrected chi connectivity index (χ2v) is 3.74. The van der Waals surface area contributed by atoms with Crippen molar-refractivity contribution in [1.29, 1.82) is 5.26 Å². The molecule has 0 unspecified atom stereocenters. The lowest BCUT2D eigenvalue weighted by Gasteiger charge is -2.06. The first-order valence-electron chi connectivity index (χ1n) is 5.07. The van der Waals surface area contributed by atoms with Gasteiger partial charge in [-0.15, -0.1) is 0 Å². The van der Waals surface area contributed by atoms with Crippen LogP contribution in [-0.4, -0.2) is 9.78 Å². The van der Waals surface area contributed by atoms with E-state index >= 15 is 0 Å². The SMILES string of the molecule is Cc1nn(-c2cccc(F)c2C#N)c(C)c1N. The van der Waals surface area contributed by atoms with E-state index in [0.717, 1.165) is 0 Å². The molecule has 0 aliphatic carbocycles. The molecule has 0 fully saturated rings. The van der Waals surface area contributed by atoms with Crippen LogP contribution in [0.15, 0.2) is 18.2 Å². The number of nitrogens with zero attached hydrogens (tertiary/aromatic N) is 3. The van der Waals surface area contributed by atoms with E-state index in [4.69, 9.17) is 11.0 Å². The lowest BCUT2D eigenvalue weighted by Crippen LogP contribution is -2.03. The summed E-state index contributed by atoms with van der Waals surface area (Å²) >= 11 is 0. The Hall–Kier alpha value is -2.35. The number of hydrogen-bond acceptors (Lipinski definition) is 3. The molecular weight excluding hydrogens is 219 g/mol. The molecule has 0 aliphatic rings. The molecule has 0 spiro atoms. The highest BCUT2D eigenvalue weighted by atomic mass is 19.1. The number of benzene rings is 1. The molecule has 0 saturated heterocycles. The molecule has 2 aromatic rings. The Morgan fingerprint density at radius 3 is 2.65 bits per heavy atom. The van der Waals surface area contributed by atoms with Crippen molar-refractivity contribution >= 4 is 5.69 Å². The predicted octanol–water partition coefficient (Wildman–Crippen LogP) is 2.08. The zero-order valence-corrected chi connectivity index (χ0v) is 9.53. The first-order valence-corrected chi connectivity index (χ1v) is 5.07. The summed E-state index contributed by atoms with van der Waals surface area (Å²) in [7, 11) is 0. The number of nitrogen functional groups attached to an aromatic ring is 1. The van der Waals surface area contributed by atoms with Crippen LogP contribution in [0.25, 0.3) is 5.69 Å². The lowest BCUT2D eigenvalue weighted by molar-refractivity contribution is 0.620. The first-order chi connectivity index (χ1) is 8.06. The molecule has 2 N–H and O–H groups in total. The fourth-order valence-electron chi connectivity index (χ4n) is 1.69. The van der Waals surface area contributed by atoms with E-state index in [1.807, 2.05) is 6.07 Å². The van der Waals surface area contributed by atoms with Gasteiger partial charge in [0.25, 0.3) is 0 Å². The maximum Gasteiger partial charge on any atom is 0.143 e. The van der Waals surface area contributed by atoms with Gasteiger partial charge in [-0.2, -0.15) is 10.4 Å². The van der Waals surface area contributed by atoms with E-state index in [-0.39, 0.29) is 5.56 Å². The minimum atomic E-state index is -0.559. The van der Waals surface area contributed by atoms with Crippen LogP contribution in [0.4, 0.5) is 10.1 Å². The third-order valence-electron chi connectivity index (χ3n) is 2.68. The number of aromatic nitrogens is 2. The summed E-state index contributed by atoms with van der Waals surface area (Å²) in [5.41, 5.74) is 8.10. The summed E-state index contributed by atoms with van der Waals surface area (Å²) < 4.78 is 15.0. The van der Waals surface area contributed by atoms with E-state index in [9.17, 15) is 4.39 Å². The molecule has 0 saturated carbocycles. The standard InChI is InChI=1S/C12H11FN4/c1-7-12(15)8(2)17(16-7)11-5-3-4-10(13)9(11)6-14/h3-5H,15H2,1-2H3. The third kappa shape index (κ3) is 1.64. The molecule has 2 rings (SSSR count). The number of rotatable bonds is 1. The van der Waals surface area contributed by atoms with Crippen LogP contribution < -0.4 is 5.73 Å². The van der Waals surface area contributed by atoms with Gasteiger partial charge in [0.15, 0.2) is 0 Å². The second-order valence-electron chi connectivity index (χ2n) is 3.74. The van der Waals surface area contributed by atoms with Gasteiger partial charge in [-0.25, -0.2) is 9.07 Å². The molecular formula is C12H11FN4. The van der Waals surface area contributed by atoms with E-state index in [2.05, 4.69) is 5.10 Å². The molecule has 0 atom stereocenters. The fraction of sp³-hybridized carbons (Fsp3) is 0.167. The first kappa shape index (κ1) is 11.1. The molecule has 0 radical (unpaired) electrons. The number of aryl methyl sites for hydroxylation is 1. The summed E-state index contributed by atoms with van der Waals surface area (Å²) in [6, 6.07) is 6.27. The van der Waals surface area contributed by atoms with E-state index < -0.39 is 5.82 Å². The molecule has 1 heterocycles. The van der Waals surface area contributed by atoms with Crippen LogP contribution in [0, 0.1) is 31.0 Å². The van der Waals surface area contributed by atoms with Crippen molar-refractivity contribution < 1.29 is 4.39 Å². The topological polar surface area (TPSA) is 67.6 Å². The van der Waals surface area contributed by atoms with Crippen molar-refractivity contribution in [2.75, 3.05) is 5.73 Å². The third-order valence-corrected chi connectivity index (χ3v) is 2.68. The van der Waals surface area contributed by atoms with Crippen LogP contribution in [0.1, 0.15) is 17.0 Å². The highest BCUT2D eigenvalue weighted by Crippen LogP contribution is 2.23. The molecule has 0 amide bonds. The fourth-order valence-corrected chi connectivity index (χ4v) is 1.69. The number of nitriles is 1. The minimum absolute atomic E-state index is 0.0295. The largest absolute Gasteiger partial charge is 0.396 e. The van der Waals surface area contributed by atoms with Crippen molar-refractivity contribution in [2.24, 2.45) is 0 Å². The molecule has 0 bridgehead atoms. The Balaban J connectivity index is 2.74. The monoisotopic (exact) mass is 230 g/mol. The second kappa shape index (κ2) is 3.91. The maximum absolute atomic E-state index is 13.5. The van der Waals surface area contributed by atoms with Crippen LogP contribution in [0.3, 0.4) is 0 Å². The summed E-state index contributed by atoms with van der Waals surface area (Å²) in [5.74, 6) is -0.559. The zero-order valence-electron chi connectivity index (χ0n) is 9.53.